The van der Waals surface area contributed by atoms with E-state index >= 15 is 0 Å². The van der Waals surface area contributed by atoms with Gasteiger partial charge in [0.2, 0.25) is 11.8 Å². The molecule has 2 heterocycles. The number of likely N-dealkylation sites (N-methyl/N-ethyl adjacent to an activating group) is 1. The number of hydrogen-bond donors (Lipinski definition) is 3. The highest BCUT2D eigenvalue weighted by Gasteiger charge is 2.43. The molecule has 3 N–H and O–H groups in total. The van der Waals surface area contributed by atoms with Crippen LogP contribution in [-0.2, 0) is 37.0 Å². The highest BCUT2D eigenvalue weighted by molar-refractivity contribution is 5.88. The van der Waals surface area contributed by atoms with Gasteiger partial charge in [0, 0.05) is 36.4 Å². The first kappa shape index (κ1) is 40.4. The Hall–Kier alpha value is -3.80. The molecule has 11 nitrogen and oxygen atoms in total. The lowest BCUT2D eigenvalue weighted by Crippen LogP contribution is -2.47. The van der Waals surface area contributed by atoms with Gasteiger partial charge in [0.15, 0.2) is 0 Å². The van der Waals surface area contributed by atoms with E-state index in [1.54, 1.807) is 25.3 Å². The third-order valence-corrected chi connectivity index (χ3v) is 8.70. The molecule has 3 aliphatic rings. The molecule has 12 heteroatoms. The van der Waals surface area contributed by atoms with Crippen molar-refractivity contribution in [1.29, 1.82) is 0 Å². The summed E-state index contributed by atoms with van der Waals surface area (Å²) in [6, 6.07) is 3.57. The van der Waals surface area contributed by atoms with E-state index in [1.165, 1.54) is 15.9 Å². The fourth-order valence-electron chi connectivity index (χ4n) is 6.40. The predicted molar refractivity (Wildman–Crippen MR) is 181 cm³/mol. The van der Waals surface area contributed by atoms with Gasteiger partial charge in [-0.3, -0.25) is 19.3 Å². The Labute approximate surface area is 284 Å². The molecule has 2 fully saturated rings. The zero-order chi connectivity index (χ0) is 36.0. The van der Waals surface area contributed by atoms with Crippen molar-refractivity contribution >= 4 is 30.2 Å². The van der Waals surface area contributed by atoms with E-state index in [2.05, 4.69) is 17.2 Å². The Morgan fingerprint density at radius 2 is 1.79 bits per heavy atom. The van der Waals surface area contributed by atoms with Crippen molar-refractivity contribution in [2.24, 2.45) is 11.8 Å². The van der Waals surface area contributed by atoms with Crippen LogP contribution in [0.2, 0.25) is 0 Å². The largest absolute Gasteiger partial charge is 0.480 e. The molecule has 268 valence electrons. The van der Waals surface area contributed by atoms with Gasteiger partial charge >= 0.3 is 12.1 Å². The molecule has 4 unspecified atom stereocenters. The van der Waals surface area contributed by atoms with Gasteiger partial charge in [-0.15, -0.1) is 6.58 Å². The summed E-state index contributed by atoms with van der Waals surface area (Å²) in [5, 5.41) is 14.0. The number of nitrogens with zero attached hydrogens (tertiary/aromatic N) is 2. The van der Waals surface area contributed by atoms with Crippen LogP contribution in [-0.4, -0.2) is 82.4 Å². The highest BCUT2D eigenvalue weighted by Crippen LogP contribution is 2.35. The molecule has 1 aromatic rings. The number of carbonyl (C=O) groups is 5. The van der Waals surface area contributed by atoms with Gasteiger partial charge in [-0.1, -0.05) is 51.3 Å². The van der Waals surface area contributed by atoms with Gasteiger partial charge in [0.1, 0.15) is 24.2 Å². The number of amides is 3. The van der Waals surface area contributed by atoms with Gasteiger partial charge in [-0.25, -0.2) is 9.18 Å². The van der Waals surface area contributed by atoms with Crippen LogP contribution in [0.3, 0.4) is 0 Å². The number of carboxylic acid groups (broad SMARTS) is 1. The third kappa shape index (κ3) is 11.7. The lowest BCUT2D eigenvalue weighted by Gasteiger charge is -2.34. The molecule has 48 heavy (non-hydrogen) atoms. The fraction of sp³-hybridized carbons (Fsp3) is 0.639. The maximum Gasteiger partial charge on any atom is 0.410 e. The van der Waals surface area contributed by atoms with Crippen molar-refractivity contribution in [1.82, 2.24) is 20.4 Å². The first-order valence-corrected chi connectivity index (χ1v) is 17.1. The van der Waals surface area contributed by atoms with Crippen LogP contribution in [0, 0.1) is 17.7 Å². The van der Waals surface area contributed by atoms with Crippen LogP contribution in [0.4, 0.5) is 9.18 Å². The molecular formula is C36H55FN4O7. The minimum atomic E-state index is -0.836. The van der Waals surface area contributed by atoms with E-state index < -0.39 is 41.7 Å². The van der Waals surface area contributed by atoms with Crippen molar-refractivity contribution in [2.75, 3.05) is 13.6 Å². The quantitative estimate of drug-likeness (QED) is 0.227. The first-order chi connectivity index (χ1) is 22.8. The van der Waals surface area contributed by atoms with E-state index in [4.69, 9.17) is 9.84 Å². The van der Waals surface area contributed by atoms with Crippen molar-refractivity contribution in [3.63, 3.8) is 0 Å². The van der Waals surface area contributed by atoms with Crippen LogP contribution in [0.15, 0.2) is 30.9 Å². The van der Waals surface area contributed by atoms with E-state index in [0.29, 0.717) is 12.0 Å². The molecular weight excluding hydrogens is 619 g/mol. The molecule has 0 spiro atoms. The van der Waals surface area contributed by atoms with E-state index in [-0.39, 0.29) is 56.0 Å². The second-order valence-electron chi connectivity index (χ2n) is 13.4. The maximum atomic E-state index is 14.1. The van der Waals surface area contributed by atoms with Crippen molar-refractivity contribution in [2.45, 2.75) is 123 Å². The molecule has 1 saturated carbocycles. The van der Waals surface area contributed by atoms with Crippen LogP contribution < -0.4 is 10.6 Å². The molecule has 4 rings (SSSR count). The van der Waals surface area contributed by atoms with Crippen molar-refractivity contribution in [3.05, 3.63) is 47.8 Å². The predicted octanol–water partition coefficient (Wildman–Crippen LogP) is 5.21. The Kier molecular flexibility index (Phi) is 16.2. The normalized spacial score (nSPS) is 20.1. The number of nitrogens with one attached hydrogen (secondary N) is 2. The molecule has 0 radical (unpaired) electrons. The van der Waals surface area contributed by atoms with Gasteiger partial charge in [-0.2, -0.15) is 0 Å². The number of aliphatic carboxylic acids is 1. The van der Waals surface area contributed by atoms with E-state index in [9.17, 15) is 28.4 Å². The molecule has 2 aliphatic heterocycles. The summed E-state index contributed by atoms with van der Waals surface area (Å²) in [6.07, 6.45) is 6.73. The zero-order valence-electron chi connectivity index (χ0n) is 29.4. The van der Waals surface area contributed by atoms with Gasteiger partial charge in [0.05, 0.1) is 19.1 Å². The number of carbonyl (C=O) groups excluding carboxylic acids is 4. The third-order valence-electron chi connectivity index (χ3n) is 8.70. The lowest BCUT2D eigenvalue weighted by atomic mass is 9.77. The number of benzene rings is 1. The van der Waals surface area contributed by atoms with Crippen molar-refractivity contribution in [3.8, 4) is 0 Å². The minimum Gasteiger partial charge on any atom is -0.480 e. The summed E-state index contributed by atoms with van der Waals surface area (Å²) in [6.45, 7) is 13.6. The van der Waals surface area contributed by atoms with Gasteiger partial charge < -0.3 is 30.2 Å². The lowest BCUT2D eigenvalue weighted by molar-refractivity contribution is -0.143. The number of halogens is 1. The molecule has 3 amide bonds. The number of likely N-dealkylation sites (tertiary alicyclic amines) is 1. The van der Waals surface area contributed by atoms with Crippen LogP contribution in [0.25, 0.3) is 0 Å². The smallest absolute Gasteiger partial charge is 0.410 e. The Bertz CT molecular complexity index is 1260. The molecule has 1 aromatic carbocycles. The Balaban J connectivity index is 0.000000631. The fourth-order valence-corrected chi connectivity index (χ4v) is 6.40. The average Bonchev–Trinajstić information content (AvgIpc) is 3.68. The monoisotopic (exact) mass is 674 g/mol. The molecule has 4 atom stereocenters. The SMILES string of the molecule is C=CCC(NC)C(=O)O.CC.CC(C)(C)NC(=O)CC(C(=O)N1CC(OC(=O)N2Cc3cccc(F)c3C2)CC1C=O)C1CCCCC1. The number of aldehydes is 1. The summed E-state index contributed by atoms with van der Waals surface area (Å²) in [4.78, 5) is 64.5. The number of ether oxygens (including phenoxy) is 1. The van der Waals surface area contributed by atoms with Crippen LogP contribution in [0.5, 0.6) is 0 Å². The summed E-state index contributed by atoms with van der Waals surface area (Å²) < 4.78 is 19.8. The molecule has 1 saturated heterocycles. The van der Waals surface area contributed by atoms with E-state index in [0.717, 1.165) is 44.0 Å². The van der Waals surface area contributed by atoms with Crippen LogP contribution in [0.1, 0.15) is 97.1 Å². The summed E-state index contributed by atoms with van der Waals surface area (Å²) in [7, 11) is 1.61. The minimum absolute atomic E-state index is 0.0743. The Morgan fingerprint density at radius 1 is 1.12 bits per heavy atom. The number of rotatable bonds is 10. The van der Waals surface area contributed by atoms with Crippen LogP contribution >= 0.6 is 0 Å². The number of carboxylic acids is 1. The molecule has 1 aliphatic carbocycles. The Morgan fingerprint density at radius 3 is 2.31 bits per heavy atom. The zero-order valence-corrected chi connectivity index (χ0v) is 29.4. The summed E-state index contributed by atoms with van der Waals surface area (Å²) >= 11 is 0. The first-order valence-electron chi connectivity index (χ1n) is 17.1. The number of hydrogen-bond acceptors (Lipinski definition) is 7. The molecule has 0 aromatic heterocycles. The standard InChI is InChI=1S/C28H38FN3O5.C6H11NO2.C2H6/c1-28(2,3)30-25(34)13-22(18-8-5-4-6-9-18)26(35)32-15-21(12-20(32)17-33)37-27(36)31-14-19-10-7-11-24(29)23(19)16-31;1-3-4-5(7-2)6(8)9;1-2/h7,10-11,17-18,20-22H,4-6,8-9,12-16H2,1-3H3,(H,30,34);3,5,7H,1,4H2,2H3,(H,8,9);1-2H3. The summed E-state index contributed by atoms with van der Waals surface area (Å²) in [5.41, 5.74) is 0.820. The second-order valence-corrected chi connectivity index (χ2v) is 13.4. The molecule has 0 bridgehead atoms. The van der Waals surface area contributed by atoms with Gasteiger partial charge in [-0.05, 0) is 64.6 Å². The average molecular weight is 675 g/mol. The summed E-state index contributed by atoms with van der Waals surface area (Å²) in [5.74, 6) is -2.02. The second kappa shape index (κ2) is 19.3. The topological polar surface area (TPSA) is 145 Å². The van der Waals surface area contributed by atoms with Crippen molar-refractivity contribution < 1.29 is 38.2 Å². The maximum absolute atomic E-state index is 14.1. The van der Waals surface area contributed by atoms with Gasteiger partial charge in [0.25, 0.3) is 0 Å². The highest BCUT2D eigenvalue weighted by atomic mass is 19.1. The van der Waals surface area contributed by atoms with E-state index in [1.807, 2.05) is 34.6 Å². The number of fused-ring (bicyclic) bond motifs is 1.